The van der Waals surface area contributed by atoms with Crippen LogP contribution in [0.5, 0.6) is 0 Å². The first-order valence-corrected chi connectivity index (χ1v) is 4.77. The Morgan fingerprint density at radius 3 is 2.17 bits per heavy atom. The summed E-state index contributed by atoms with van der Waals surface area (Å²) in [6.45, 7) is 0.889. The van der Waals surface area contributed by atoms with Gasteiger partial charge in [-0.15, -0.1) is 0 Å². The lowest BCUT2D eigenvalue weighted by molar-refractivity contribution is -0.303. The molecule has 0 aromatic rings. The van der Waals surface area contributed by atoms with Crippen LogP contribution < -0.4 is 0 Å². The molecule has 2 fully saturated rings. The summed E-state index contributed by atoms with van der Waals surface area (Å²) in [5.74, 6) is -0.322. The van der Waals surface area contributed by atoms with Crippen LogP contribution in [0, 0.1) is 0 Å². The number of rotatable bonds is 0. The van der Waals surface area contributed by atoms with Crippen LogP contribution >= 0.6 is 0 Å². The molecule has 3 nitrogen and oxygen atoms in total. The van der Waals surface area contributed by atoms with Crippen molar-refractivity contribution in [3.05, 3.63) is 0 Å². The van der Waals surface area contributed by atoms with Gasteiger partial charge in [0.1, 0.15) is 6.10 Å². The highest BCUT2D eigenvalue weighted by Crippen LogP contribution is 2.34. The molecule has 1 heterocycles. The summed E-state index contributed by atoms with van der Waals surface area (Å²) in [7, 11) is 0. The molecule has 70 valence electrons. The molecule has 1 saturated heterocycles. The summed E-state index contributed by atoms with van der Waals surface area (Å²) in [5.41, 5.74) is 0. The van der Waals surface area contributed by atoms with Crippen molar-refractivity contribution in [3.63, 3.8) is 0 Å². The fourth-order valence-corrected chi connectivity index (χ4v) is 1.97. The third-order valence-electron chi connectivity index (χ3n) is 2.69. The van der Waals surface area contributed by atoms with E-state index >= 15 is 0 Å². The molecule has 0 unspecified atom stereocenters. The summed E-state index contributed by atoms with van der Waals surface area (Å²) in [6, 6.07) is 0. The minimum atomic E-state index is -0.419. The van der Waals surface area contributed by atoms with Gasteiger partial charge in [-0.1, -0.05) is 6.42 Å². The Bertz CT molecular complexity index is 142. The summed E-state index contributed by atoms with van der Waals surface area (Å²) < 4.78 is 11.1. The van der Waals surface area contributed by atoms with Gasteiger partial charge in [0, 0.05) is 12.8 Å². The van der Waals surface area contributed by atoms with Crippen LogP contribution in [0.3, 0.4) is 0 Å². The van der Waals surface area contributed by atoms with Crippen LogP contribution in [0.1, 0.15) is 32.1 Å². The molecule has 1 aliphatic carbocycles. The number of hydrogen-bond donors (Lipinski definition) is 1. The molecule has 1 spiro atoms. The van der Waals surface area contributed by atoms with E-state index in [0.717, 1.165) is 12.8 Å². The summed E-state index contributed by atoms with van der Waals surface area (Å²) in [6.07, 6.45) is 5.25. The first-order valence-electron chi connectivity index (χ1n) is 4.77. The van der Waals surface area contributed by atoms with E-state index in [0.29, 0.717) is 13.2 Å². The third-order valence-corrected chi connectivity index (χ3v) is 2.69. The van der Waals surface area contributed by atoms with Crippen LogP contribution in [0.15, 0.2) is 0 Å². The highest BCUT2D eigenvalue weighted by Gasteiger charge is 2.37. The van der Waals surface area contributed by atoms with Gasteiger partial charge in [0.15, 0.2) is 5.79 Å². The van der Waals surface area contributed by atoms with E-state index in [-0.39, 0.29) is 5.79 Å². The van der Waals surface area contributed by atoms with E-state index in [1.165, 1.54) is 19.3 Å². The van der Waals surface area contributed by atoms with E-state index in [4.69, 9.17) is 9.47 Å². The van der Waals surface area contributed by atoms with Crippen molar-refractivity contribution in [2.24, 2.45) is 0 Å². The molecule has 3 heteroatoms. The summed E-state index contributed by atoms with van der Waals surface area (Å²) in [4.78, 5) is 0. The van der Waals surface area contributed by atoms with Gasteiger partial charge in [0.2, 0.25) is 0 Å². The molecular weight excluding hydrogens is 156 g/mol. The topological polar surface area (TPSA) is 38.7 Å². The quantitative estimate of drug-likeness (QED) is 0.593. The molecule has 0 amide bonds. The lowest BCUT2D eigenvalue weighted by Crippen LogP contribution is -2.47. The Morgan fingerprint density at radius 1 is 1.00 bits per heavy atom. The van der Waals surface area contributed by atoms with Gasteiger partial charge in [0.25, 0.3) is 0 Å². The zero-order valence-electron chi connectivity index (χ0n) is 7.29. The number of ether oxygens (including phenoxy) is 2. The van der Waals surface area contributed by atoms with E-state index in [2.05, 4.69) is 0 Å². The van der Waals surface area contributed by atoms with Gasteiger partial charge < -0.3 is 14.6 Å². The Hall–Kier alpha value is -0.120. The van der Waals surface area contributed by atoms with Gasteiger partial charge >= 0.3 is 0 Å². The maximum absolute atomic E-state index is 9.17. The van der Waals surface area contributed by atoms with Crippen molar-refractivity contribution in [1.29, 1.82) is 0 Å². The zero-order valence-corrected chi connectivity index (χ0v) is 7.29. The van der Waals surface area contributed by atoms with E-state index in [1.807, 2.05) is 0 Å². The fourth-order valence-electron chi connectivity index (χ4n) is 1.97. The zero-order chi connectivity index (χ0) is 8.44. The fraction of sp³-hybridized carbons (Fsp3) is 1.00. The molecule has 2 aliphatic rings. The SMILES string of the molecule is OC1COC2(CCCCC2)OC1. The lowest BCUT2D eigenvalue weighted by atomic mass is 9.93. The normalized spacial score (nSPS) is 30.8. The van der Waals surface area contributed by atoms with Crippen molar-refractivity contribution in [2.75, 3.05) is 13.2 Å². The summed E-state index contributed by atoms with van der Waals surface area (Å²) >= 11 is 0. The molecule has 0 radical (unpaired) electrons. The van der Waals surface area contributed by atoms with Gasteiger partial charge in [-0.25, -0.2) is 0 Å². The highest BCUT2D eigenvalue weighted by atomic mass is 16.7. The maximum atomic E-state index is 9.17. The number of aliphatic hydroxyl groups excluding tert-OH is 1. The maximum Gasteiger partial charge on any atom is 0.168 e. The predicted octanol–water partition coefficient (Wildman–Crippen LogP) is 1.05. The standard InChI is InChI=1S/C9H16O3/c10-8-6-11-9(12-7-8)4-2-1-3-5-9/h8,10H,1-7H2. The largest absolute Gasteiger partial charge is 0.388 e. The lowest BCUT2D eigenvalue weighted by Gasteiger charge is -2.41. The first-order chi connectivity index (χ1) is 5.81. The smallest absolute Gasteiger partial charge is 0.168 e. The molecule has 1 aliphatic heterocycles. The van der Waals surface area contributed by atoms with E-state index in [1.54, 1.807) is 0 Å². The summed E-state index contributed by atoms with van der Waals surface area (Å²) in [5, 5.41) is 9.17. The second-order valence-corrected chi connectivity index (χ2v) is 3.75. The molecule has 2 rings (SSSR count). The van der Waals surface area contributed by atoms with Gasteiger partial charge in [-0.3, -0.25) is 0 Å². The first kappa shape index (κ1) is 8.48. The van der Waals surface area contributed by atoms with Gasteiger partial charge in [0.05, 0.1) is 13.2 Å². The Balaban J connectivity index is 1.92. The monoisotopic (exact) mass is 172 g/mol. The third kappa shape index (κ3) is 1.63. The predicted molar refractivity (Wildman–Crippen MR) is 43.7 cm³/mol. The van der Waals surface area contributed by atoms with Crippen LogP contribution in [0.2, 0.25) is 0 Å². The average molecular weight is 172 g/mol. The van der Waals surface area contributed by atoms with Crippen LogP contribution in [0.4, 0.5) is 0 Å². The minimum Gasteiger partial charge on any atom is -0.388 e. The van der Waals surface area contributed by atoms with Crippen LogP contribution in [-0.2, 0) is 9.47 Å². The molecular formula is C9H16O3. The van der Waals surface area contributed by atoms with Gasteiger partial charge in [-0.05, 0) is 12.8 Å². The highest BCUT2D eigenvalue weighted by molar-refractivity contribution is 4.79. The molecule has 0 bridgehead atoms. The minimum absolute atomic E-state index is 0.322. The molecule has 1 N–H and O–H groups in total. The van der Waals surface area contributed by atoms with E-state index < -0.39 is 6.10 Å². The molecule has 0 aromatic heterocycles. The number of hydrogen-bond acceptors (Lipinski definition) is 3. The molecule has 12 heavy (non-hydrogen) atoms. The van der Waals surface area contributed by atoms with Crippen molar-refractivity contribution in [3.8, 4) is 0 Å². The van der Waals surface area contributed by atoms with Crippen LogP contribution in [0.25, 0.3) is 0 Å². The molecule has 0 aromatic carbocycles. The van der Waals surface area contributed by atoms with Gasteiger partial charge in [-0.2, -0.15) is 0 Å². The van der Waals surface area contributed by atoms with Crippen molar-refractivity contribution in [1.82, 2.24) is 0 Å². The Labute approximate surface area is 72.7 Å². The average Bonchev–Trinajstić information content (AvgIpc) is 2.13. The van der Waals surface area contributed by atoms with Crippen molar-refractivity contribution >= 4 is 0 Å². The Morgan fingerprint density at radius 2 is 1.58 bits per heavy atom. The van der Waals surface area contributed by atoms with Crippen molar-refractivity contribution < 1.29 is 14.6 Å². The van der Waals surface area contributed by atoms with E-state index in [9.17, 15) is 5.11 Å². The molecule has 0 atom stereocenters. The Kier molecular flexibility index (Phi) is 2.35. The molecule has 1 saturated carbocycles. The number of aliphatic hydroxyl groups is 1. The second-order valence-electron chi connectivity index (χ2n) is 3.75. The van der Waals surface area contributed by atoms with Crippen LogP contribution in [-0.4, -0.2) is 30.2 Å². The van der Waals surface area contributed by atoms with Crippen molar-refractivity contribution in [2.45, 2.75) is 44.0 Å². The second kappa shape index (κ2) is 3.32.